The van der Waals surface area contributed by atoms with Crippen LogP contribution >= 0.6 is 34.4 Å². The van der Waals surface area contributed by atoms with Gasteiger partial charge in [-0.05, 0) is 29.6 Å². The fraction of sp³-hybridized carbons (Fsp3) is 0.105. The lowest BCUT2D eigenvalue weighted by molar-refractivity contribution is -0.113. The maximum atomic E-state index is 13.2. The number of nitrogens with zero attached hydrogens (tertiary/aromatic N) is 2. The Morgan fingerprint density at radius 1 is 1.29 bits per heavy atom. The van der Waals surface area contributed by atoms with Gasteiger partial charge in [0.05, 0.1) is 11.1 Å². The minimum absolute atomic E-state index is 0.0610. The summed E-state index contributed by atoms with van der Waals surface area (Å²) in [5.74, 6) is -0.652. The van der Waals surface area contributed by atoms with Crippen LogP contribution in [0.3, 0.4) is 0 Å². The van der Waals surface area contributed by atoms with Gasteiger partial charge in [0.1, 0.15) is 10.6 Å². The van der Waals surface area contributed by atoms with Crippen molar-refractivity contribution in [2.75, 3.05) is 11.1 Å². The lowest BCUT2D eigenvalue weighted by Gasteiger charge is -2.08. The van der Waals surface area contributed by atoms with Crippen molar-refractivity contribution in [3.05, 3.63) is 63.3 Å². The number of anilines is 1. The van der Waals surface area contributed by atoms with Crippen LogP contribution in [-0.2, 0) is 11.8 Å². The smallest absolute Gasteiger partial charge is 0.263 e. The molecule has 1 amide bonds. The number of nitrogens with one attached hydrogen (secondary N) is 1. The molecule has 142 valence electrons. The quantitative estimate of drug-likeness (QED) is 0.371. The first-order valence-electron chi connectivity index (χ1n) is 8.23. The summed E-state index contributed by atoms with van der Waals surface area (Å²) in [6, 6.07) is 9.63. The van der Waals surface area contributed by atoms with Gasteiger partial charge in [0, 0.05) is 28.6 Å². The predicted octanol–water partition coefficient (Wildman–Crippen LogP) is 4.59. The average molecular weight is 432 g/mol. The Morgan fingerprint density at radius 3 is 2.89 bits per heavy atom. The van der Waals surface area contributed by atoms with Gasteiger partial charge in [-0.15, -0.1) is 22.7 Å². The molecule has 0 unspecified atom stereocenters. The van der Waals surface area contributed by atoms with Gasteiger partial charge in [-0.25, -0.2) is 9.37 Å². The second-order valence-corrected chi connectivity index (χ2v) is 8.66. The first kappa shape index (κ1) is 18.9. The van der Waals surface area contributed by atoms with Crippen molar-refractivity contribution in [3.63, 3.8) is 0 Å². The standard InChI is InChI=1S/C19H14FN3O2S3/c1-23-18(25)16-13(14-6-3-7-26-14)9-27-17(16)22-19(23)28-10-15(24)21-12-5-2-4-11(20)8-12/h2-9H,10H2,1H3,(H,21,24). The molecule has 0 saturated heterocycles. The Labute approximate surface area is 171 Å². The molecule has 3 heterocycles. The summed E-state index contributed by atoms with van der Waals surface area (Å²) in [6.45, 7) is 0. The molecule has 0 saturated carbocycles. The van der Waals surface area contributed by atoms with Gasteiger partial charge >= 0.3 is 0 Å². The third kappa shape index (κ3) is 3.73. The molecule has 0 bridgehead atoms. The van der Waals surface area contributed by atoms with Crippen LogP contribution in [0.5, 0.6) is 0 Å². The first-order valence-corrected chi connectivity index (χ1v) is 11.0. The summed E-state index contributed by atoms with van der Waals surface area (Å²) in [4.78, 5) is 31.3. The molecule has 0 radical (unpaired) electrons. The van der Waals surface area contributed by atoms with Gasteiger partial charge in [-0.3, -0.25) is 14.2 Å². The molecule has 1 N–H and O–H groups in total. The van der Waals surface area contributed by atoms with E-state index in [4.69, 9.17) is 0 Å². The van der Waals surface area contributed by atoms with Crippen LogP contribution in [0.15, 0.2) is 57.1 Å². The van der Waals surface area contributed by atoms with Gasteiger partial charge in [-0.2, -0.15) is 0 Å². The van der Waals surface area contributed by atoms with E-state index in [1.54, 1.807) is 24.5 Å². The minimum atomic E-state index is -0.417. The van der Waals surface area contributed by atoms with E-state index in [-0.39, 0.29) is 17.2 Å². The van der Waals surface area contributed by atoms with Crippen molar-refractivity contribution in [1.29, 1.82) is 0 Å². The van der Waals surface area contributed by atoms with E-state index in [1.807, 2.05) is 22.9 Å². The summed E-state index contributed by atoms with van der Waals surface area (Å²) in [5.41, 5.74) is 1.15. The third-order valence-corrected chi connectivity index (χ3v) is 6.81. The zero-order valence-electron chi connectivity index (χ0n) is 14.6. The summed E-state index contributed by atoms with van der Waals surface area (Å²) in [7, 11) is 1.65. The van der Waals surface area contributed by atoms with Crippen molar-refractivity contribution < 1.29 is 9.18 Å². The van der Waals surface area contributed by atoms with E-state index < -0.39 is 5.82 Å². The molecule has 1 aromatic carbocycles. The fourth-order valence-electron chi connectivity index (χ4n) is 2.69. The highest BCUT2D eigenvalue weighted by atomic mass is 32.2. The molecule has 0 aliphatic rings. The first-order chi connectivity index (χ1) is 13.5. The van der Waals surface area contributed by atoms with Crippen LogP contribution in [0.25, 0.3) is 20.7 Å². The third-order valence-electron chi connectivity index (χ3n) is 4.00. The summed E-state index contributed by atoms with van der Waals surface area (Å²) in [6.07, 6.45) is 0. The molecule has 9 heteroatoms. The lowest BCUT2D eigenvalue weighted by atomic mass is 10.2. The molecule has 0 atom stereocenters. The van der Waals surface area contributed by atoms with Crippen molar-refractivity contribution in [2.24, 2.45) is 7.05 Å². The number of halogens is 1. The van der Waals surface area contributed by atoms with Crippen LogP contribution in [0.2, 0.25) is 0 Å². The number of thiophene rings is 2. The number of amides is 1. The molecular formula is C19H14FN3O2S3. The number of hydrogen-bond donors (Lipinski definition) is 1. The van der Waals surface area contributed by atoms with Gasteiger partial charge < -0.3 is 5.32 Å². The van der Waals surface area contributed by atoms with E-state index >= 15 is 0 Å². The van der Waals surface area contributed by atoms with E-state index in [1.165, 1.54) is 45.9 Å². The zero-order valence-corrected chi connectivity index (χ0v) is 17.1. The Morgan fingerprint density at radius 2 is 2.14 bits per heavy atom. The molecule has 0 aliphatic carbocycles. The van der Waals surface area contributed by atoms with Crippen LogP contribution < -0.4 is 10.9 Å². The minimum Gasteiger partial charge on any atom is -0.325 e. The molecule has 28 heavy (non-hydrogen) atoms. The zero-order chi connectivity index (χ0) is 19.7. The second-order valence-electron chi connectivity index (χ2n) is 5.91. The highest BCUT2D eigenvalue weighted by Crippen LogP contribution is 2.34. The largest absolute Gasteiger partial charge is 0.325 e. The normalized spacial score (nSPS) is 11.1. The maximum absolute atomic E-state index is 13.2. The summed E-state index contributed by atoms with van der Waals surface area (Å²) >= 11 is 4.16. The van der Waals surface area contributed by atoms with Crippen LogP contribution in [0, 0.1) is 5.82 Å². The monoisotopic (exact) mass is 431 g/mol. The molecule has 5 nitrogen and oxygen atoms in total. The highest BCUT2D eigenvalue weighted by molar-refractivity contribution is 7.99. The van der Waals surface area contributed by atoms with Gasteiger partial charge in [0.25, 0.3) is 5.56 Å². The van der Waals surface area contributed by atoms with Crippen molar-refractivity contribution >= 4 is 56.2 Å². The number of hydrogen-bond acceptors (Lipinski definition) is 6. The van der Waals surface area contributed by atoms with Gasteiger partial charge in [0.2, 0.25) is 5.91 Å². The molecular weight excluding hydrogens is 417 g/mol. The topological polar surface area (TPSA) is 64.0 Å². The molecule has 4 rings (SSSR count). The average Bonchev–Trinajstić information content (AvgIpc) is 3.33. The number of thioether (sulfide) groups is 1. The van der Waals surface area contributed by atoms with Crippen LogP contribution in [0.1, 0.15) is 0 Å². The molecule has 4 aromatic rings. The van der Waals surface area contributed by atoms with Crippen molar-refractivity contribution in [3.8, 4) is 10.4 Å². The van der Waals surface area contributed by atoms with E-state index in [2.05, 4.69) is 10.3 Å². The Bertz CT molecular complexity index is 1220. The molecule has 3 aromatic heterocycles. The number of benzene rings is 1. The predicted molar refractivity (Wildman–Crippen MR) is 114 cm³/mol. The Balaban J connectivity index is 1.55. The van der Waals surface area contributed by atoms with Gasteiger partial charge in [-0.1, -0.05) is 23.9 Å². The number of rotatable bonds is 5. The fourth-order valence-corrected chi connectivity index (χ4v) is 5.26. The second kappa shape index (κ2) is 7.86. The van der Waals surface area contributed by atoms with Crippen LogP contribution in [0.4, 0.5) is 10.1 Å². The maximum Gasteiger partial charge on any atom is 0.263 e. The summed E-state index contributed by atoms with van der Waals surface area (Å²) in [5, 5.41) is 7.61. The number of fused-ring (bicyclic) bond motifs is 1. The highest BCUT2D eigenvalue weighted by Gasteiger charge is 2.17. The van der Waals surface area contributed by atoms with Crippen molar-refractivity contribution in [1.82, 2.24) is 9.55 Å². The number of aromatic nitrogens is 2. The number of carbonyl (C=O) groups excluding carboxylic acids is 1. The van der Waals surface area contributed by atoms with E-state index in [9.17, 15) is 14.0 Å². The molecule has 0 spiro atoms. The molecule has 0 aliphatic heterocycles. The van der Waals surface area contributed by atoms with Crippen molar-refractivity contribution in [2.45, 2.75) is 5.16 Å². The number of carbonyl (C=O) groups is 1. The molecule has 0 fully saturated rings. The van der Waals surface area contributed by atoms with Crippen LogP contribution in [-0.4, -0.2) is 21.2 Å². The SMILES string of the molecule is Cn1c(SCC(=O)Nc2cccc(F)c2)nc2scc(-c3cccs3)c2c1=O. The van der Waals surface area contributed by atoms with E-state index in [0.29, 0.717) is 21.1 Å². The van der Waals surface area contributed by atoms with E-state index in [0.717, 1.165) is 10.4 Å². The Hall–Kier alpha value is -2.49. The van der Waals surface area contributed by atoms with Gasteiger partial charge in [0.15, 0.2) is 5.16 Å². The summed E-state index contributed by atoms with van der Waals surface area (Å²) < 4.78 is 14.7. The Kier molecular flexibility index (Phi) is 5.29. The lowest BCUT2D eigenvalue weighted by Crippen LogP contribution is -2.21.